The Hall–Kier alpha value is -1.38. The maximum Gasteiger partial charge on any atom is 0.350 e. The van der Waals surface area contributed by atoms with Crippen LogP contribution in [0.25, 0.3) is 0 Å². The summed E-state index contributed by atoms with van der Waals surface area (Å²) in [6, 6.07) is 6.29. The number of hydrazine groups is 2. The van der Waals surface area contributed by atoms with Gasteiger partial charge in [0.2, 0.25) is 0 Å². The van der Waals surface area contributed by atoms with Crippen molar-refractivity contribution in [1.82, 2.24) is 21.1 Å². The third-order valence-electron chi connectivity index (χ3n) is 3.03. The van der Waals surface area contributed by atoms with E-state index in [0.717, 1.165) is 31.2 Å². The number of carbonyl (C=O) groups excluding carboxylic acids is 1. The Morgan fingerprint density at radius 3 is 2.65 bits per heavy atom. The molecule has 1 aromatic rings. The number of rotatable bonds is 4. The number of halogens is 1. The zero-order chi connectivity index (χ0) is 14.4. The molecule has 5 N–H and O–H groups in total. The van der Waals surface area contributed by atoms with Crippen LogP contribution < -0.4 is 27.0 Å². The van der Waals surface area contributed by atoms with Crippen molar-refractivity contribution in [3.05, 3.63) is 29.3 Å². The van der Waals surface area contributed by atoms with E-state index in [2.05, 4.69) is 21.1 Å². The monoisotopic (exact) mass is 298 g/mol. The fourth-order valence-electron chi connectivity index (χ4n) is 1.88. The molecule has 1 saturated heterocycles. The number of carbonyl (C=O) groups is 1. The van der Waals surface area contributed by atoms with Gasteiger partial charge in [0.1, 0.15) is 0 Å². The molecule has 1 heterocycles. The third kappa shape index (κ3) is 4.32. The number of urea groups is 1. The lowest BCUT2D eigenvalue weighted by Gasteiger charge is -2.27. The number of amides is 2. The minimum atomic E-state index is -0.428. The number of nitrogens with one attached hydrogen (secondary N) is 3. The van der Waals surface area contributed by atoms with Crippen LogP contribution in [0.2, 0.25) is 5.02 Å². The van der Waals surface area contributed by atoms with Crippen LogP contribution in [0.15, 0.2) is 24.3 Å². The number of nitrogens with zero attached hydrogens (tertiary/aromatic N) is 2. The summed E-state index contributed by atoms with van der Waals surface area (Å²) in [6.45, 7) is 4.41. The second-order valence-corrected chi connectivity index (χ2v) is 4.92. The molecule has 110 valence electrons. The first-order chi connectivity index (χ1) is 9.66. The first kappa shape index (κ1) is 15.0. The summed E-state index contributed by atoms with van der Waals surface area (Å²) in [5, 5.41) is 4.89. The molecule has 0 unspecified atom stereocenters. The first-order valence-corrected chi connectivity index (χ1v) is 6.81. The first-order valence-electron chi connectivity index (χ1n) is 6.43. The number of piperazine rings is 1. The normalized spacial score (nSPS) is 15.9. The van der Waals surface area contributed by atoms with E-state index in [4.69, 9.17) is 17.4 Å². The van der Waals surface area contributed by atoms with Crippen molar-refractivity contribution in [2.24, 2.45) is 5.84 Å². The molecule has 8 heteroatoms. The summed E-state index contributed by atoms with van der Waals surface area (Å²) in [6.07, 6.45) is 0. The Bertz CT molecular complexity index is 434. The van der Waals surface area contributed by atoms with Gasteiger partial charge >= 0.3 is 6.03 Å². The number of hydrogen-bond donors (Lipinski definition) is 4. The Morgan fingerprint density at radius 2 is 2.00 bits per heavy atom. The summed E-state index contributed by atoms with van der Waals surface area (Å²) in [4.78, 5) is 14.0. The highest BCUT2D eigenvalue weighted by molar-refractivity contribution is 6.30. The second kappa shape index (κ2) is 7.41. The lowest BCUT2D eigenvalue weighted by molar-refractivity contribution is 0.205. The second-order valence-electron chi connectivity index (χ2n) is 4.48. The van der Waals surface area contributed by atoms with Crippen LogP contribution in [0.4, 0.5) is 10.5 Å². The van der Waals surface area contributed by atoms with Gasteiger partial charge in [-0.1, -0.05) is 11.6 Å². The van der Waals surface area contributed by atoms with Crippen molar-refractivity contribution in [2.75, 3.05) is 37.9 Å². The van der Waals surface area contributed by atoms with E-state index in [-0.39, 0.29) is 0 Å². The van der Waals surface area contributed by atoms with Crippen molar-refractivity contribution in [3.63, 3.8) is 0 Å². The van der Waals surface area contributed by atoms with Gasteiger partial charge in [-0.3, -0.25) is 10.3 Å². The Kier molecular flexibility index (Phi) is 5.57. The van der Waals surface area contributed by atoms with E-state index in [0.29, 0.717) is 17.4 Å². The number of nitrogens with two attached hydrogens (primary N) is 1. The van der Waals surface area contributed by atoms with Crippen molar-refractivity contribution in [3.8, 4) is 0 Å². The highest BCUT2D eigenvalue weighted by atomic mass is 35.5. The Labute approximate surface area is 123 Å². The van der Waals surface area contributed by atoms with Crippen LogP contribution in [0.3, 0.4) is 0 Å². The molecule has 0 spiro atoms. The summed E-state index contributed by atoms with van der Waals surface area (Å²) < 4.78 is 0. The van der Waals surface area contributed by atoms with Gasteiger partial charge in [-0.2, -0.15) is 0 Å². The zero-order valence-electron chi connectivity index (χ0n) is 11.1. The van der Waals surface area contributed by atoms with Gasteiger partial charge < -0.3 is 5.32 Å². The van der Waals surface area contributed by atoms with E-state index < -0.39 is 6.03 Å². The minimum Gasteiger partial charge on any atom is -0.314 e. The molecule has 0 aromatic heterocycles. The molecule has 1 aromatic carbocycles. The average Bonchev–Trinajstić information content (AvgIpc) is 2.48. The number of benzene rings is 1. The van der Waals surface area contributed by atoms with Gasteiger partial charge in [0.25, 0.3) is 0 Å². The number of anilines is 1. The van der Waals surface area contributed by atoms with Crippen LogP contribution in [0.5, 0.6) is 0 Å². The molecular formula is C12H19ClN6O. The predicted molar refractivity (Wildman–Crippen MR) is 79.1 cm³/mol. The maximum absolute atomic E-state index is 11.8. The van der Waals surface area contributed by atoms with E-state index in [1.165, 1.54) is 0 Å². The quantitative estimate of drug-likeness (QED) is 0.360. The largest absolute Gasteiger partial charge is 0.350 e. The van der Waals surface area contributed by atoms with Crippen molar-refractivity contribution >= 4 is 23.3 Å². The summed E-state index contributed by atoms with van der Waals surface area (Å²) in [5.74, 6) is 5.72. The molecule has 0 saturated carbocycles. The minimum absolute atomic E-state index is 0.428. The van der Waals surface area contributed by atoms with Crippen LogP contribution in [0, 0.1) is 0 Å². The Balaban J connectivity index is 1.74. The third-order valence-corrected chi connectivity index (χ3v) is 3.28. The topological polar surface area (TPSA) is 85.7 Å². The molecule has 2 rings (SSSR count). The molecular weight excluding hydrogens is 280 g/mol. The van der Waals surface area contributed by atoms with Crippen molar-refractivity contribution in [2.45, 2.75) is 0 Å². The molecule has 0 bridgehead atoms. The molecule has 0 atom stereocenters. The highest BCUT2D eigenvalue weighted by Crippen LogP contribution is 2.15. The van der Waals surface area contributed by atoms with E-state index in [1.54, 1.807) is 24.3 Å². The molecule has 1 fully saturated rings. The van der Waals surface area contributed by atoms with E-state index >= 15 is 0 Å². The number of hydrogen-bond acceptors (Lipinski definition) is 5. The Morgan fingerprint density at radius 1 is 1.35 bits per heavy atom. The average molecular weight is 299 g/mol. The standard InChI is InChI=1S/C12H19ClN6O/c13-10-1-3-11(4-2-10)19(14)12(20)17-16-9-18-7-5-15-6-8-18/h1-4,15-16H,5-9,14H2,(H,17,20). The van der Waals surface area contributed by atoms with Gasteiger partial charge in [0, 0.05) is 31.2 Å². The van der Waals surface area contributed by atoms with Gasteiger partial charge in [-0.25, -0.2) is 21.1 Å². The fourth-order valence-corrected chi connectivity index (χ4v) is 2.00. The summed E-state index contributed by atoms with van der Waals surface area (Å²) >= 11 is 5.78. The smallest absolute Gasteiger partial charge is 0.314 e. The van der Waals surface area contributed by atoms with Gasteiger partial charge in [-0.15, -0.1) is 0 Å². The van der Waals surface area contributed by atoms with E-state index in [1.807, 2.05) is 0 Å². The maximum atomic E-state index is 11.8. The van der Waals surface area contributed by atoms with Crippen LogP contribution in [0.1, 0.15) is 0 Å². The van der Waals surface area contributed by atoms with Crippen LogP contribution in [-0.2, 0) is 0 Å². The summed E-state index contributed by atoms with van der Waals surface area (Å²) in [7, 11) is 0. The predicted octanol–water partition coefficient (Wildman–Crippen LogP) is 0.0970. The molecule has 1 aliphatic heterocycles. The zero-order valence-corrected chi connectivity index (χ0v) is 11.9. The van der Waals surface area contributed by atoms with Gasteiger partial charge in [0.15, 0.2) is 0 Å². The van der Waals surface area contributed by atoms with Gasteiger partial charge in [-0.05, 0) is 24.3 Å². The highest BCUT2D eigenvalue weighted by Gasteiger charge is 2.12. The van der Waals surface area contributed by atoms with Crippen LogP contribution >= 0.6 is 11.6 Å². The van der Waals surface area contributed by atoms with Gasteiger partial charge in [0.05, 0.1) is 12.4 Å². The molecule has 1 aliphatic rings. The van der Waals surface area contributed by atoms with Crippen molar-refractivity contribution < 1.29 is 4.79 Å². The fraction of sp³-hybridized carbons (Fsp3) is 0.417. The lowest BCUT2D eigenvalue weighted by atomic mass is 10.3. The SMILES string of the molecule is NN(C(=O)NNCN1CCNCC1)c1ccc(Cl)cc1. The molecule has 0 radical (unpaired) electrons. The lowest BCUT2D eigenvalue weighted by Crippen LogP contribution is -2.54. The van der Waals surface area contributed by atoms with Crippen molar-refractivity contribution in [1.29, 1.82) is 0 Å². The molecule has 0 aliphatic carbocycles. The molecule has 7 nitrogen and oxygen atoms in total. The van der Waals surface area contributed by atoms with E-state index in [9.17, 15) is 4.79 Å². The molecule has 2 amide bonds. The van der Waals surface area contributed by atoms with Crippen LogP contribution in [-0.4, -0.2) is 43.8 Å². The molecule has 20 heavy (non-hydrogen) atoms. The summed E-state index contributed by atoms with van der Waals surface area (Å²) in [5.41, 5.74) is 5.99.